The molecule has 1 aliphatic rings. The number of rotatable bonds is 9. The van der Waals surface area contributed by atoms with Gasteiger partial charge in [-0.15, -0.1) is 0 Å². The number of nitrogens with zero attached hydrogens (tertiary/aromatic N) is 2. The zero-order valence-electron chi connectivity index (χ0n) is 21.8. The van der Waals surface area contributed by atoms with E-state index in [0.29, 0.717) is 16.5 Å². The summed E-state index contributed by atoms with van der Waals surface area (Å²) in [5.41, 5.74) is 2.38. The monoisotopic (exact) mass is 578 g/mol. The van der Waals surface area contributed by atoms with E-state index in [0.717, 1.165) is 27.1 Å². The number of carbonyl (C=O) groups excluding carboxylic acids is 1. The number of para-hydroxylation sites is 1. The first-order valence-corrected chi connectivity index (χ1v) is 14.3. The number of anilines is 2. The fraction of sp³-hybridized carbons (Fsp3) is 0.0938. The number of furan rings is 1. The van der Waals surface area contributed by atoms with Gasteiger partial charge in [0.05, 0.1) is 11.7 Å². The van der Waals surface area contributed by atoms with Gasteiger partial charge in [-0.2, -0.15) is 0 Å². The van der Waals surface area contributed by atoms with E-state index in [9.17, 15) is 4.79 Å². The predicted molar refractivity (Wildman–Crippen MR) is 164 cm³/mol. The Bertz CT molecular complexity index is 1610. The molecule has 2 aromatic heterocycles. The number of hydrogen-bond donors (Lipinski definition) is 2. The summed E-state index contributed by atoms with van der Waals surface area (Å²) in [4.78, 5) is 20.2. The highest BCUT2D eigenvalue weighted by atomic mass is 32.2. The molecule has 2 N–H and O–H groups in total. The van der Waals surface area contributed by atoms with E-state index in [1.165, 1.54) is 0 Å². The molecule has 1 amide bonds. The van der Waals surface area contributed by atoms with Crippen molar-refractivity contribution in [3.63, 3.8) is 0 Å². The molecule has 3 heterocycles. The fourth-order valence-electron chi connectivity index (χ4n) is 4.64. The summed E-state index contributed by atoms with van der Waals surface area (Å²) in [5, 5.41) is 7.68. The van der Waals surface area contributed by atoms with E-state index in [1.807, 2.05) is 108 Å². The second-order valence-corrected chi connectivity index (χ2v) is 10.7. The maximum absolute atomic E-state index is 12.5. The number of ether oxygens (including phenoxy) is 1. The Morgan fingerprint density at radius 2 is 1.66 bits per heavy atom. The first kappa shape index (κ1) is 26.6. The van der Waals surface area contributed by atoms with Gasteiger partial charge in [0.1, 0.15) is 17.6 Å². The van der Waals surface area contributed by atoms with Gasteiger partial charge < -0.3 is 24.7 Å². The number of amides is 1. The van der Waals surface area contributed by atoms with Crippen LogP contribution in [-0.4, -0.2) is 22.6 Å². The molecule has 6 rings (SSSR count). The quantitative estimate of drug-likeness (QED) is 0.181. The second-order valence-electron chi connectivity index (χ2n) is 9.27. The highest BCUT2D eigenvalue weighted by Crippen LogP contribution is 2.43. The molecular formula is C32H26N4O3S2. The molecule has 0 aliphatic carbocycles. The average Bonchev–Trinajstić information content (AvgIpc) is 3.62. The van der Waals surface area contributed by atoms with Gasteiger partial charge in [-0.1, -0.05) is 54.2 Å². The Balaban J connectivity index is 1.22. The van der Waals surface area contributed by atoms with Crippen molar-refractivity contribution in [1.29, 1.82) is 0 Å². The molecule has 41 heavy (non-hydrogen) atoms. The molecule has 9 heteroatoms. The fourth-order valence-corrected chi connectivity index (χ4v) is 5.79. The molecule has 0 bridgehead atoms. The van der Waals surface area contributed by atoms with E-state index >= 15 is 0 Å². The third-order valence-electron chi connectivity index (χ3n) is 6.50. The van der Waals surface area contributed by atoms with E-state index in [4.69, 9.17) is 21.4 Å². The van der Waals surface area contributed by atoms with E-state index in [-0.39, 0.29) is 24.6 Å². The molecule has 5 aromatic rings. The Hall–Kier alpha value is -4.60. The van der Waals surface area contributed by atoms with Gasteiger partial charge in [0.2, 0.25) is 0 Å². The summed E-state index contributed by atoms with van der Waals surface area (Å²) >= 11 is 7.39. The number of carbonyl (C=O) groups is 1. The largest absolute Gasteiger partial charge is 0.484 e. The molecule has 7 nitrogen and oxygen atoms in total. The molecule has 1 saturated heterocycles. The molecule has 1 fully saturated rings. The van der Waals surface area contributed by atoms with Crippen LogP contribution in [0, 0.1) is 0 Å². The zero-order valence-corrected chi connectivity index (χ0v) is 23.5. The van der Waals surface area contributed by atoms with Gasteiger partial charge in [-0.05, 0) is 85.0 Å². The van der Waals surface area contributed by atoms with Gasteiger partial charge >= 0.3 is 0 Å². The van der Waals surface area contributed by atoms with Crippen molar-refractivity contribution in [2.75, 3.05) is 16.8 Å². The highest BCUT2D eigenvalue weighted by molar-refractivity contribution is 7.99. The highest BCUT2D eigenvalue weighted by Gasteiger charge is 2.42. The zero-order chi connectivity index (χ0) is 28.0. The number of pyridine rings is 1. The van der Waals surface area contributed by atoms with E-state index in [1.54, 1.807) is 18.0 Å². The summed E-state index contributed by atoms with van der Waals surface area (Å²) in [6, 6.07) is 36.2. The van der Waals surface area contributed by atoms with Gasteiger partial charge in [0.25, 0.3) is 5.91 Å². The first-order valence-electron chi connectivity index (χ1n) is 13.0. The molecule has 2 atom stereocenters. The van der Waals surface area contributed by atoms with Crippen LogP contribution in [0.15, 0.2) is 136 Å². The first-order chi connectivity index (χ1) is 20.1. The second kappa shape index (κ2) is 12.3. The topological polar surface area (TPSA) is 79.6 Å². The molecule has 204 valence electrons. The van der Waals surface area contributed by atoms with Crippen molar-refractivity contribution < 1.29 is 13.9 Å². The molecular weight excluding hydrogens is 553 g/mol. The lowest BCUT2D eigenvalue weighted by Crippen LogP contribution is -2.29. The van der Waals surface area contributed by atoms with Crippen molar-refractivity contribution in [3.05, 3.63) is 133 Å². The number of benzene rings is 3. The maximum atomic E-state index is 12.5. The minimum atomic E-state index is -0.276. The van der Waals surface area contributed by atoms with Crippen molar-refractivity contribution in [3.8, 4) is 5.75 Å². The summed E-state index contributed by atoms with van der Waals surface area (Å²) in [7, 11) is 0. The molecule has 0 saturated carbocycles. The van der Waals surface area contributed by atoms with Crippen molar-refractivity contribution >= 4 is 46.4 Å². The smallest absolute Gasteiger partial charge is 0.262 e. The van der Waals surface area contributed by atoms with Crippen molar-refractivity contribution in [2.45, 2.75) is 22.1 Å². The minimum Gasteiger partial charge on any atom is -0.484 e. The summed E-state index contributed by atoms with van der Waals surface area (Å²) in [5.74, 6) is 1.17. The minimum absolute atomic E-state index is 0.0818. The van der Waals surface area contributed by atoms with E-state index < -0.39 is 0 Å². The van der Waals surface area contributed by atoms with Crippen LogP contribution in [0.1, 0.15) is 23.5 Å². The molecule has 0 radical (unpaired) electrons. The van der Waals surface area contributed by atoms with Gasteiger partial charge in [0, 0.05) is 22.5 Å². The van der Waals surface area contributed by atoms with Crippen LogP contribution >= 0.6 is 24.0 Å². The maximum Gasteiger partial charge on any atom is 0.262 e. The molecule has 0 spiro atoms. The van der Waals surface area contributed by atoms with Crippen LogP contribution in [-0.2, 0) is 4.79 Å². The number of hydrogen-bond acceptors (Lipinski definition) is 6. The lowest BCUT2D eigenvalue weighted by atomic mass is 10.0. The SMILES string of the molecule is O=C(COc1ccccc1)Nc1ccc(N2C(=S)N[C@@H](c3ccccn3)[C@H]2c2ccc(Sc3ccccc3)o2)cc1. The van der Waals surface area contributed by atoms with Gasteiger partial charge in [-0.25, -0.2) is 0 Å². The van der Waals surface area contributed by atoms with Crippen LogP contribution in [0.4, 0.5) is 11.4 Å². The predicted octanol–water partition coefficient (Wildman–Crippen LogP) is 7.02. The Morgan fingerprint density at radius 1 is 0.927 bits per heavy atom. The Morgan fingerprint density at radius 3 is 2.39 bits per heavy atom. The van der Waals surface area contributed by atoms with Crippen LogP contribution in [0.3, 0.4) is 0 Å². The molecule has 1 aliphatic heterocycles. The van der Waals surface area contributed by atoms with Crippen molar-refractivity contribution in [2.24, 2.45) is 0 Å². The summed E-state index contributed by atoms with van der Waals surface area (Å²) in [6.45, 7) is -0.0818. The summed E-state index contributed by atoms with van der Waals surface area (Å²) < 4.78 is 11.9. The van der Waals surface area contributed by atoms with Crippen molar-refractivity contribution in [1.82, 2.24) is 10.3 Å². The van der Waals surface area contributed by atoms with Crippen LogP contribution in [0.25, 0.3) is 0 Å². The molecule has 0 unspecified atom stereocenters. The number of thiocarbonyl (C=S) groups is 1. The lowest BCUT2D eigenvalue weighted by molar-refractivity contribution is -0.118. The van der Waals surface area contributed by atoms with Gasteiger partial charge in [0.15, 0.2) is 16.8 Å². The lowest BCUT2D eigenvalue weighted by Gasteiger charge is -2.26. The van der Waals surface area contributed by atoms with Crippen LogP contribution in [0.2, 0.25) is 0 Å². The molecule has 3 aromatic carbocycles. The number of aromatic nitrogens is 1. The van der Waals surface area contributed by atoms with Crippen LogP contribution in [0.5, 0.6) is 5.75 Å². The Kier molecular flexibility index (Phi) is 7.97. The standard InChI is InChI=1S/C32H26N4O3S2/c37-28(21-38-24-9-3-1-4-10-24)34-22-14-16-23(17-15-22)36-31(30(35-32(36)40)26-13-7-8-20-33-26)27-18-19-29(39-27)41-25-11-5-2-6-12-25/h1-20,30-31H,21H2,(H,34,37)(H,35,40)/t30-,31+/m0/s1. The van der Waals surface area contributed by atoms with Crippen LogP contribution < -0.4 is 20.3 Å². The Labute approximate surface area is 247 Å². The third-order valence-corrected chi connectivity index (χ3v) is 7.74. The van der Waals surface area contributed by atoms with E-state index in [2.05, 4.69) is 27.8 Å². The number of nitrogens with one attached hydrogen (secondary N) is 2. The normalized spacial score (nSPS) is 16.3. The summed E-state index contributed by atoms with van der Waals surface area (Å²) in [6.07, 6.45) is 1.78. The van der Waals surface area contributed by atoms with Gasteiger partial charge in [-0.3, -0.25) is 9.78 Å². The third kappa shape index (κ3) is 6.26. The average molecular weight is 579 g/mol.